The van der Waals surface area contributed by atoms with Gasteiger partial charge >= 0.3 is 5.97 Å². The molecule has 0 radical (unpaired) electrons. The number of hydrogen-bond acceptors (Lipinski definition) is 7. The maximum absolute atomic E-state index is 12.5. The van der Waals surface area contributed by atoms with Gasteiger partial charge in [0, 0.05) is 6.54 Å². The molecule has 1 aliphatic rings. The number of carbonyl (C=O) groups is 4. The molecule has 31 heavy (non-hydrogen) atoms. The molecular weight excluding hydrogens is 420 g/mol. The number of thioether (sulfide) groups is 1. The number of phenols is 1. The minimum atomic E-state index is -0.541. The van der Waals surface area contributed by atoms with E-state index in [0.717, 1.165) is 22.2 Å². The normalized spacial score (nSPS) is 14.7. The molecule has 1 heterocycles. The van der Waals surface area contributed by atoms with Crippen LogP contribution in [-0.2, 0) is 20.7 Å². The van der Waals surface area contributed by atoms with Crippen LogP contribution in [0.15, 0.2) is 53.4 Å². The summed E-state index contributed by atoms with van der Waals surface area (Å²) in [7, 11) is 1.29. The van der Waals surface area contributed by atoms with Crippen molar-refractivity contribution in [1.29, 1.82) is 0 Å². The first kappa shape index (κ1) is 22.1. The quantitative estimate of drug-likeness (QED) is 0.503. The Morgan fingerprint density at radius 1 is 1.10 bits per heavy atom. The van der Waals surface area contributed by atoms with E-state index in [9.17, 15) is 24.3 Å². The van der Waals surface area contributed by atoms with Crippen LogP contribution in [0, 0.1) is 0 Å². The molecule has 1 fully saturated rings. The Morgan fingerprint density at radius 2 is 1.77 bits per heavy atom. The molecule has 8 nitrogen and oxygen atoms in total. The van der Waals surface area contributed by atoms with Gasteiger partial charge in [0.05, 0.1) is 17.6 Å². The number of imide groups is 1. The first-order chi connectivity index (χ1) is 14.9. The van der Waals surface area contributed by atoms with Gasteiger partial charge in [-0.3, -0.25) is 19.3 Å². The van der Waals surface area contributed by atoms with Gasteiger partial charge in [-0.15, -0.1) is 0 Å². The van der Waals surface area contributed by atoms with Crippen molar-refractivity contribution in [1.82, 2.24) is 10.2 Å². The summed E-state index contributed by atoms with van der Waals surface area (Å²) in [4.78, 5) is 49.5. The average Bonchev–Trinajstić information content (AvgIpc) is 3.02. The Hall–Kier alpha value is -3.59. The first-order valence-electron chi connectivity index (χ1n) is 9.35. The average molecular weight is 440 g/mol. The van der Waals surface area contributed by atoms with E-state index in [1.807, 2.05) is 0 Å². The molecule has 2 N–H and O–H groups in total. The second-order valence-corrected chi connectivity index (χ2v) is 7.64. The fourth-order valence-corrected chi connectivity index (χ4v) is 3.67. The molecule has 0 unspecified atom stereocenters. The van der Waals surface area contributed by atoms with Crippen molar-refractivity contribution in [2.75, 3.05) is 20.2 Å². The summed E-state index contributed by atoms with van der Waals surface area (Å²) in [6, 6.07) is 13.0. The van der Waals surface area contributed by atoms with Crippen molar-refractivity contribution in [3.05, 3.63) is 70.1 Å². The number of esters is 1. The molecule has 1 aliphatic heterocycles. The Bertz CT molecular complexity index is 1030. The Labute approximate surface area is 182 Å². The number of methoxy groups -OCH3 is 1. The van der Waals surface area contributed by atoms with E-state index in [0.29, 0.717) is 24.1 Å². The summed E-state index contributed by atoms with van der Waals surface area (Å²) in [5.74, 6) is -1.28. The number of nitrogens with zero attached hydrogens (tertiary/aromatic N) is 1. The first-order valence-corrected chi connectivity index (χ1v) is 10.2. The zero-order valence-electron chi connectivity index (χ0n) is 16.7. The highest BCUT2D eigenvalue weighted by Gasteiger charge is 2.36. The van der Waals surface area contributed by atoms with E-state index < -0.39 is 23.0 Å². The fraction of sp³-hybridized carbons (Fsp3) is 0.182. The second-order valence-electron chi connectivity index (χ2n) is 6.65. The molecule has 0 aromatic heterocycles. The number of hydrogen-bond donors (Lipinski definition) is 2. The number of ether oxygens (including phenoxy) is 1. The highest BCUT2D eigenvalue weighted by Crippen LogP contribution is 2.32. The third-order valence-electron chi connectivity index (χ3n) is 4.48. The van der Waals surface area contributed by atoms with Crippen molar-refractivity contribution in [2.45, 2.75) is 6.42 Å². The molecule has 3 rings (SSSR count). The third kappa shape index (κ3) is 5.73. The molecule has 0 saturated carbocycles. The smallest absolute Gasteiger partial charge is 0.337 e. The topological polar surface area (TPSA) is 113 Å². The molecule has 3 amide bonds. The number of aromatic hydroxyl groups is 1. The number of carbonyl (C=O) groups excluding carboxylic acids is 4. The van der Waals surface area contributed by atoms with Gasteiger partial charge in [-0.05, 0) is 59.7 Å². The molecular formula is C22H20N2O6S. The maximum atomic E-state index is 12.5. The van der Waals surface area contributed by atoms with Crippen molar-refractivity contribution in [2.24, 2.45) is 0 Å². The van der Waals surface area contributed by atoms with Crippen LogP contribution in [0.1, 0.15) is 21.5 Å². The van der Waals surface area contributed by atoms with E-state index in [4.69, 9.17) is 0 Å². The monoisotopic (exact) mass is 440 g/mol. The van der Waals surface area contributed by atoms with Crippen LogP contribution in [0.3, 0.4) is 0 Å². The van der Waals surface area contributed by atoms with Crippen LogP contribution < -0.4 is 5.32 Å². The van der Waals surface area contributed by atoms with Gasteiger partial charge in [0.1, 0.15) is 12.3 Å². The molecule has 2 aromatic carbocycles. The summed E-state index contributed by atoms with van der Waals surface area (Å²) < 4.78 is 4.64. The molecule has 160 valence electrons. The van der Waals surface area contributed by atoms with E-state index in [1.165, 1.54) is 13.2 Å². The highest BCUT2D eigenvalue weighted by atomic mass is 32.2. The standard InChI is InChI=1S/C22H20N2O6S/c1-30-21(28)16-6-2-15(3-7-16)12-18-20(27)24(22(29)31-18)13-19(26)23-11-10-14-4-8-17(25)9-5-14/h2-9,12,25H,10-11,13H2,1H3,(H,23,26). The van der Waals surface area contributed by atoms with Crippen LogP contribution >= 0.6 is 11.8 Å². The lowest BCUT2D eigenvalue weighted by Gasteiger charge is -2.12. The lowest BCUT2D eigenvalue weighted by molar-refractivity contribution is -0.129. The van der Waals surface area contributed by atoms with E-state index in [1.54, 1.807) is 48.5 Å². The summed E-state index contributed by atoms with van der Waals surface area (Å²) in [5.41, 5.74) is 1.94. The Morgan fingerprint density at radius 3 is 2.42 bits per heavy atom. The predicted octanol–water partition coefficient (Wildman–Crippen LogP) is 2.57. The minimum Gasteiger partial charge on any atom is -0.508 e. The Balaban J connectivity index is 1.55. The number of nitrogens with one attached hydrogen (secondary N) is 1. The number of amides is 3. The predicted molar refractivity (Wildman–Crippen MR) is 115 cm³/mol. The van der Waals surface area contributed by atoms with Crippen molar-refractivity contribution >= 4 is 40.9 Å². The van der Waals surface area contributed by atoms with Crippen LogP contribution in [-0.4, -0.2) is 53.2 Å². The van der Waals surface area contributed by atoms with Gasteiger partial charge in [0.25, 0.3) is 11.1 Å². The lowest BCUT2D eigenvalue weighted by atomic mass is 10.1. The zero-order chi connectivity index (χ0) is 22.4. The largest absolute Gasteiger partial charge is 0.508 e. The van der Waals surface area contributed by atoms with Crippen molar-refractivity contribution in [3.63, 3.8) is 0 Å². The van der Waals surface area contributed by atoms with Crippen LogP contribution in [0.2, 0.25) is 0 Å². The van der Waals surface area contributed by atoms with Gasteiger partial charge < -0.3 is 15.2 Å². The zero-order valence-corrected chi connectivity index (χ0v) is 17.5. The fourth-order valence-electron chi connectivity index (χ4n) is 2.83. The number of phenolic OH excluding ortho intramolecular Hbond substituents is 1. The molecule has 9 heteroatoms. The molecule has 0 spiro atoms. The molecule has 1 saturated heterocycles. The molecule has 0 bridgehead atoms. The van der Waals surface area contributed by atoms with Gasteiger partial charge in [-0.25, -0.2) is 4.79 Å². The van der Waals surface area contributed by atoms with E-state index in [2.05, 4.69) is 10.1 Å². The van der Waals surface area contributed by atoms with Crippen molar-refractivity contribution < 1.29 is 29.0 Å². The third-order valence-corrected chi connectivity index (χ3v) is 5.38. The highest BCUT2D eigenvalue weighted by molar-refractivity contribution is 8.18. The second kappa shape index (κ2) is 9.94. The molecule has 0 aliphatic carbocycles. The van der Waals surface area contributed by atoms with Gasteiger partial charge in [-0.2, -0.15) is 0 Å². The van der Waals surface area contributed by atoms with Crippen LogP contribution in [0.4, 0.5) is 4.79 Å². The van der Waals surface area contributed by atoms with Gasteiger partial charge in [0.2, 0.25) is 5.91 Å². The van der Waals surface area contributed by atoms with Gasteiger partial charge in [-0.1, -0.05) is 24.3 Å². The molecule has 0 atom stereocenters. The lowest BCUT2D eigenvalue weighted by Crippen LogP contribution is -2.40. The summed E-state index contributed by atoms with van der Waals surface area (Å²) in [5, 5.41) is 11.4. The van der Waals surface area contributed by atoms with Gasteiger partial charge in [0.15, 0.2) is 0 Å². The maximum Gasteiger partial charge on any atom is 0.337 e. The summed E-state index contributed by atoms with van der Waals surface area (Å²) >= 11 is 0.759. The summed E-state index contributed by atoms with van der Waals surface area (Å²) in [6.45, 7) is -0.0267. The minimum absolute atomic E-state index is 0.166. The number of benzene rings is 2. The molecule has 2 aromatic rings. The van der Waals surface area contributed by atoms with E-state index in [-0.39, 0.29) is 17.2 Å². The SMILES string of the molecule is COC(=O)c1ccc(C=C2SC(=O)N(CC(=O)NCCc3ccc(O)cc3)C2=O)cc1. The van der Waals surface area contributed by atoms with Crippen LogP contribution in [0.25, 0.3) is 6.08 Å². The number of rotatable bonds is 7. The van der Waals surface area contributed by atoms with Crippen molar-refractivity contribution in [3.8, 4) is 5.75 Å². The van der Waals surface area contributed by atoms with E-state index >= 15 is 0 Å². The summed E-state index contributed by atoms with van der Waals surface area (Å²) in [6.07, 6.45) is 2.09. The van der Waals surface area contributed by atoms with Crippen LogP contribution in [0.5, 0.6) is 5.75 Å². The Kier molecular flexibility index (Phi) is 7.09.